The van der Waals surface area contributed by atoms with Gasteiger partial charge in [-0.15, -0.1) is 0 Å². The van der Waals surface area contributed by atoms with Crippen molar-refractivity contribution in [3.05, 3.63) is 58.8 Å². The van der Waals surface area contributed by atoms with Gasteiger partial charge in [-0.05, 0) is 102 Å². The SMILES string of the molecule is C=N/C(=C\C(=NC)c1n[nH]c2cc(F)c(OC3(C)CC3)cc12)N1CCC(CN2CCN(CC3CCN(c4ccc5c(c4OC)CN(C4CCC(=O)NC4=O)C5=O)CC3)C(C)(C)C2)CC1. The highest BCUT2D eigenvalue weighted by molar-refractivity contribution is 6.15. The number of carbonyl (C=O) groups excluding carboxylic acids is 3. The van der Waals surface area contributed by atoms with Crippen molar-refractivity contribution in [2.24, 2.45) is 21.8 Å². The number of methoxy groups -OCH3 is 1. The summed E-state index contributed by atoms with van der Waals surface area (Å²) in [5.41, 5.74) is 4.00. The van der Waals surface area contributed by atoms with Crippen LogP contribution in [0.15, 0.2) is 46.1 Å². The molecule has 1 aliphatic carbocycles. The summed E-state index contributed by atoms with van der Waals surface area (Å²) in [6, 6.07) is 6.39. The van der Waals surface area contributed by atoms with Crippen LogP contribution >= 0.6 is 0 Å². The van der Waals surface area contributed by atoms with Gasteiger partial charge in [-0.25, -0.2) is 9.38 Å². The number of likely N-dealkylation sites (tertiary alicyclic amines) is 1. The summed E-state index contributed by atoms with van der Waals surface area (Å²) in [7, 11) is 3.39. The van der Waals surface area contributed by atoms with Gasteiger partial charge in [0.2, 0.25) is 11.8 Å². The number of hydrogen-bond acceptors (Lipinski definition) is 12. The molecular formula is C48H63FN10O5. The van der Waals surface area contributed by atoms with Gasteiger partial charge in [-0.1, -0.05) is 0 Å². The van der Waals surface area contributed by atoms with E-state index < -0.39 is 17.8 Å². The molecule has 9 rings (SSSR count). The molecule has 342 valence electrons. The van der Waals surface area contributed by atoms with Gasteiger partial charge in [0.15, 0.2) is 11.6 Å². The maximum absolute atomic E-state index is 14.9. The van der Waals surface area contributed by atoms with E-state index in [1.807, 2.05) is 25.1 Å². The minimum atomic E-state index is -0.656. The van der Waals surface area contributed by atoms with E-state index in [9.17, 15) is 18.8 Å². The van der Waals surface area contributed by atoms with Crippen LogP contribution in [0.5, 0.6) is 11.5 Å². The highest BCUT2D eigenvalue weighted by Crippen LogP contribution is 2.43. The van der Waals surface area contributed by atoms with Crippen LogP contribution in [0.1, 0.15) is 93.8 Å². The maximum atomic E-state index is 14.9. The van der Waals surface area contributed by atoms with Crippen molar-refractivity contribution in [1.82, 2.24) is 35.1 Å². The molecule has 1 saturated carbocycles. The summed E-state index contributed by atoms with van der Waals surface area (Å²) in [4.78, 5) is 58.4. The minimum absolute atomic E-state index is 0.0593. The number of piperidine rings is 3. The van der Waals surface area contributed by atoms with Crippen LogP contribution in [-0.4, -0.2) is 150 Å². The standard InChI is InChI=1S/C48H63FN10O5/c1-47(2)29-55(26-30-13-19-57(20-14-30)41(51-5)25-37(50-4)43-33-23-40(64-48(3)15-16-48)35(49)24-36(33)53-54-43)21-22-58(47)27-31-11-17-56(18-12-31)38-8-7-32-34(44(38)63-6)28-59(46(32)62)39-9-10-42(60)52-45(39)61/h7-8,23-25,30-31,39H,5,9-22,26-29H2,1-4,6H3,(H,53,54)(H,52,60,61)/b41-25+,50-37?. The fraction of sp³-hybridized carbons (Fsp3) is 0.583. The monoisotopic (exact) mass is 878 g/mol. The van der Waals surface area contributed by atoms with Gasteiger partial charge in [0.1, 0.15) is 28.9 Å². The second-order valence-corrected chi connectivity index (χ2v) is 19.6. The first-order valence-electron chi connectivity index (χ1n) is 23.1. The molecule has 15 nitrogen and oxygen atoms in total. The van der Waals surface area contributed by atoms with E-state index in [4.69, 9.17) is 9.47 Å². The van der Waals surface area contributed by atoms with E-state index in [0.29, 0.717) is 53.0 Å². The van der Waals surface area contributed by atoms with Crippen molar-refractivity contribution in [3.8, 4) is 11.5 Å². The number of H-pyrrole nitrogens is 1. The van der Waals surface area contributed by atoms with Crippen LogP contribution in [0.3, 0.4) is 0 Å². The summed E-state index contributed by atoms with van der Waals surface area (Å²) < 4.78 is 26.9. The first-order chi connectivity index (χ1) is 30.8. The molecule has 6 aliphatic rings. The van der Waals surface area contributed by atoms with E-state index in [1.165, 1.54) is 6.07 Å². The van der Waals surface area contributed by atoms with Gasteiger partial charge in [-0.2, -0.15) is 5.10 Å². The molecule has 64 heavy (non-hydrogen) atoms. The van der Waals surface area contributed by atoms with Crippen molar-refractivity contribution in [2.45, 2.75) is 95.9 Å². The molecule has 4 saturated heterocycles. The fourth-order valence-corrected chi connectivity index (χ4v) is 10.7. The molecule has 1 aromatic heterocycles. The average Bonchev–Trinajstić information content (AvgIpc) is 3.73. The molecule has 2 N–H and O–H groups in total. The number of carbonyl (C=O) groups is 3. The largest absolute Gasteiger partial charge is 0.494 e. The van der Waals surface area contributed by atoms with E-state index >= 15 is 0 Å². The van der Waals surface area contributed by atoms with Crippen molar-refractivity contribution in [1.29, 1.82) is 0 Å². The Morgan fingerprint density at radius 2 is 1.72 bits per heavy atom. The minimum Gasteiger partial charge on any atom is -0.494 e. The number of rotatable bonds is 13. The number of halogens is 1. The number of aliphatic imine (C=N–C) groups is 2. The lowest BCUT2D eigenvalue weighted by Crippen LogP contribution is -2.61. The Hall–Kier alpha value is -5.35. The Morgan fingerprint density at radius 1 is 0.984 bits per heavy atom. The molecule has 6 heterocycles. The van der Waals surface area contributed by atoms with Crippen LogP contribution < -0.4 is 19.7 Å². The van der Waals surface area contributed by atoms with Crippen molar-refractivity contribution >= 4 is 46.7 Å². The predicted octanol–water partition coefficient (Wildman–Crippen LogP) is 5.39. The smallest absolute Gasteiger partial charge is 0.255 e. The van der Waals surface area contributed by atoms with Crippen LogP contribution in [0.2, 0.25) is 0 Å². The topological polar surface area (TPSA) is 151 Å². The third-order valence-corrected chi connectivity index (χ3v) is 14.7. The maximum Gasteiger partial charge on any atom is 0.255 e. The van der Waals surface area contributed by atoms with Gasteiger partial charge in [-0.3, -0.25) is 39.6 Å². The van der Waals surface area contributed by atoms with Crippen LogP contribution in [-0.2, 0) is 16.1 Å². The van der Waals surface area contributed by atoms with Gasteiger partial charge < -0.3 is 24.2 Å². The zero-order chi connectivity index (χ0) is 44.9. The third-order valence-electron chi connectivity index (χ3n) is 14.7. The number of hydrogen-bond donors (Lipinski definition) is 2. The number of allylic oxidation sites excluding steroid dienone is 1. The number of nitrogens with zero attached hydrogens (tertiary/aromatic N) is 8. The van der Waals surface area contributed by atoms with Gasteiger partial charge in [0.25, 0.3) is 5.91 Å². The molecule has 5 aliphatic heterocycles. The number of aromatic amines is 1. The van der Waals surface area contributed by atoms with Gasteiger partial charge in [0.05, 0.1) is 30.6 Å². The Balaban J connectivity index is 0.753. The summed E-state index contributed by atoms with van der Waals surface area (Å²) in [6.07, 6.45) is 8.61. The van der Waals surface area contributed by atoms with Crippen LogP contribution in [0.25, 0.3) is 10.9 Å². The molecule has 2 aromatic carbocycles. The Labute approximate surface area is 375 Å². The molecule has 16 heteroatoms. The quantitative estimate of drug-likeness (QED) is 0.169. The Bertz CT molecular complexity index is 2370. The second-order valence-electron chi connectivity index (χ2n) is 19.6. The van der Waals surface area contributed by atoms with Crippen LogP contribution in [0, 0.1) is 17.7 Å². The Kier molecular flexibility index (Phi) is 12.0. The molecule has 0 bridgehead atoms. The number of ether oxygens (including phenoxy) is 2. The van der Waals surface area contributed by atoms with E-state index in [2.05, 4.69) is 65.7 Å². The summed E-state index contributed by atoms with van der Waals surface area (Å²) >= 11 is 0. The third kappa shape index (κ3) is 8.74. The highest BCUT2D eigenvalue weighted by Gasteiger charge is 2.43. The number of piperazine rings is 1. The lowest BCUT2D eigenvalue weighted by Gasteiger charge is -2.50. The van der Waals surface area contributed by atoms with Crippen LogP contribution in [0.4, 0.5) is 10.1 Å². The molecule has 5 fully saturated rings. The summed E-state index contributed by atoms with van der Waals surface area (Å²) in [5.74, 6) is 1.60. The Morgan fingerprint density at radius 3 is 2.39 bits per heavy atom. The molecule has 1 unspecified atom stereocenters. The van der Waals surface area contributed by atoms with E-state index in [-0.39, 0.29) is 35.1 Å². The van der Waals surface area contributed by atoms with Gasteiger partial charge in [0, 0.05) is 107 Å². The molecular weight excluding hydrogens is 816 g/mol. The summed E-state index contributed by atoms with van der Waals surface area (Å²) in [5, 5.41) is 10.6. The first-order valence-corrected chi connectivity index (χ1v) is 23.1. The average molecular weight is 879 g/mol. The normalized spacial score (nSPS) is 23.8. The predicted molar refractivity (Wildman–Crippen MR) is 245 cm³/mol. The number of nitrogens with one attached hydrogen (secondary N) is 2. The van der Waals surface area contributed by atoms with E-state index in [0.717, 1.165) is 120 Å². The lowest BCUT2D eigenvalue weighted by atomic mass is 9.90. The van der Waals surface area contributed by atoms with Crippen molar-refractivity contribution in [2.75, 3.05) is 78.0 Å². The van der Waals surface area contributed by atoms with E-state index in [1.54, 1.807) is 25.1 Å². The lowest BCUT2D eigenvalue weighted by molar-refractivity contribution is -0.136. The summed E-state index contributed by atoms with van der Waals surface area (Å²) in [6.45, 7) is 19.9. The van der Waals surface area contributed by atoms with Gasteiger partial charge >= 0.3 is 0 Å². The fourth-order valence-electron chi connectivity index (χ4n) is 10.7. The molecule has 1 atom stereocenters. The van der Waals surface area contributed by atoms with Crippen molar-refractivity contribution in [3.63, 3.8) is 0 Å². The molecule has 0 radical (unpaired) electrons. The number of aromatic nitrogens is 2. The molecule has 0 spiro atoms. The molecule has 3 aromatic rings. The zero-order valence-corrected chi connectivity index (χ0v) is 38.1. The zero-order valence-electron chi connectivity index (χ0n) is 38.1. The number of imide groups is 1. The number of amides is 3. The first kappa shape index (κ1) is 43.9. The number of anilines is 1. The highest BCUT2D eigenvalue weighted by atomic mass is 19.1. The second kappa shape index (κ2) is 17.6. The number of benzene rings is 2. The molecule has 3 amide bonds. The van der Waals surface area contributed by atoms with Crippen molar-refractivity contribution < 1.29 is 28.2 Å². The number of fused-ring (bicyclic) bond motifs is 2.